The third kappa shape index (κ3) is 4.13. The smallest absolute Gasteiger partial charge is 0.339 e. The lowest BCUT2D eigenvalue weighted by Crippen LogP contribution is -2.05. The quantitative estimate of drug-likeness (QED) is 0.375. The van der Waals surface area contributed by atoms with Gasteiger partial charge in [0.15, 0.2) is 0 Å². The van der Waals surface area contributed by atoms with Gasteiger partial charge in [-0.2, -0.15) is 0 Å². The standard InChI is InChI=1S/C24H25ClN2O2/c1-6-18-9-7-8-15(2)23(18)27-16(3)12-19(17(27)4)14-26-20-10-11-21(22(25)13-20)24(28)29-5/h7-14H,6H2,1-5H3. The van der Waals surface area contributed by atoms with Gasteiger partial charge in [0.05, 0.1) is 29.1 Å². The van der Waals surface area contributed by atoms with Crippen molar-refractivity contribution in [2.24, 2.45) is 4.99 Å². The van der Waals surface area contributed by atoms with E-state index in [0.717, 1.165) is 23.4 Å². The van der Waals surface area contributed by atoms with Gasteiger partial charge in [0.2, 0.25) is 0 Å². The summed E-state index contributed by atoms with van der Waals surface area (Å²) in [7, 11) is 1.33. The molecule has 3 aromatic rings. The molecule has 0 saturated heterocycles. The van der Waals surface area contributed by atoms with Gasteiger partial charge in [-0.05, 0) is 62.6 Å². The minimum absolute atomic E-state index is 0.324. The molecule has 0 atom stereocenters. The second-order valence-corrected chi connectivity index (χ2v) is 7.42. The summed E-state index contributed by atoms with van der Waals surface area (Å²) in [5.41, 5.74) is 8.16. The van der Waals surface area contributed by atoms with Crippen molar-refractivity contribution in [3.05, 3.63) is 81.1 Å². The fourth-order valence-corrected chi connectivity index (χ4v) is 3.84. The first kappa shape index (κ1) is 20.9. The first-order chi connectivity index (χ1) is 13.9. The van der Waals surface area contributed by atoms with Gasteiger partial charge in [-0.1, -0.05) is 36.7 Å². The summed E-state index contributed by atoms with van der Waals surface area (Å²) in [6.45, 7) is 8.54. The molecule has 29 heavy (non-hydrogen) atoms. The molecule has 150 valence electrons. The Hall–Kier alpha value is -2.85. The zero-order valence-electron chi connectivity index (χ0n) is 17.4. The van der Waals surface area contributed by atoms with Crippen LogP contribution in [-0.4, -0.2) is 23.9 Å². The Kier molecular flexibility index (Phi) is 6.23. The lowest BCUT2D eigenvalue weighted by molar-refractivity contribution is 0.0601. The molecule has 1 heterocycles. The van der Waals surface area contributed by atoms with Gasteiger partial charge in [-0.25, -0.2) is 4.79 Å². The van der Waals surface area contributed by atoms with Gasteiger partial charge >= 0.3 is 5.97 Å². The second kappa shape index (κ2) is 8.66. The number of carbonyl (C=O) groups is 1. The van der Waals surface area contributed by atoms with Crippen LogP contribution in [0.3, 0.4) is 0 Å². The number of esters is 1. The van der Waals surface area contributed by atoms with Crippen LogP contribution in [0.25, 0.3) is 5.69 Å². The maximum Gasteiger partial charge on any atom is 0.339 e. The highest BCUT2D eigenvalue weighted by molar-refractivity contribution is 6.33. The number of carbonyl (C=O) groups excluding carboxylic acids is 1. The molecule has 0 saturated carbocycles. The summed E-state index contributed by atoms with van der Waals surface area (Å²) >= 11 is 6.20. The van der Waals surface area contributed by atoms with Crippen molar-refractivity contribution >= 4 is 29.5 Å². The van der Waals surface area contributed by atoms with Crippen LogP contribution in [0.4, 0.5) is 5.69 Å². The number of hydrogen-bond acceptors (Lipinski definition) is 3. The number of aliphatic imine (C=N–C) groups is 1. The Morgan fingerprint density at radius 1 is 1.17 bits per heavy atom. The van der Waals surface area contributed by atoms with Gasteiger partial charge in [0.1, 0.15) is 0 Å². The van der Waals surface area contributed by atoms with Crippen LogP contribution < -0.4 is 0 Å². The molecular formula is C24H25ClN2O2. The first-order valence-corrected chi connectivity index (χ1v) is 9.94. The lowest BCUT2D eigenvalue weighted by atomic mass is 10.1. The SMILES string of the molecule is CCc1cccc(C)c1-n1c(C)cc(C=Nc2ccc(C(=O)OC)c(Cl)c2)c1C. The molecule has 2 aromatic carbocycles. The maximum absolute atomic E-state index is 11.7. The maximum atomic E-state index is 11.7. The van der Waals surface area contributed by atoms with E-state index in [-0.39, 0.29) is 0 Å². The van der Waals surface area contributed by atoms with Gasteiger partial charge in [0.25, 0.3) is 0 Å². The van der Waals surface area contributed by atoms with Crippen molar-refractivity contribution in [3.63, 3.8) is 0 Å². The van der Waals surface area contributed by atoms with Crippen LogP contribution in [0.2, 0.25) is 5.02 Å². The van der Waals surface area contributed by atoms with Gasteiger partial charge in [-0.15, -0.1) is 0 Å². The molecule has 0 fully saturated rings. The molecule has 0 aliphatic carbocycles. The molecule has 0 N–H and O–H groups in total. The van der Waals surface area contributed by atoms with E-state index in [1.54, 1.807) is 18.2 Å². The fraction of sp³-hybridized carbons (Fsp3) is 0.250. The average molecular weight is 409 g/mol. The Bertz CT molecular complexity index is 1100. The lowest BCUT2D eigenvalue weighted by Gasteiger charge is -2.17. The summed E-state index contributed by atoms with van der Waals surface area (Å²) in [6.07, 6.45) is 2.81. The molecule has 0 aliphatic rings. The van der Waals surface area contributed by atoms with Gasteiger partial charge in [-0.3, -0.25) is 4.99 Å². The molecule has 5 heteroatoms. The van der Waals surface area contributed by atoms with Crippen LogP contribution in [0.15, 0.2) is 47.5 Å². The van der Waals surface area contributed by atoms with Crippen molar-refractivity contribution in [3.8, 4) is 5.69 Å². The Morgan fingerprint density at radius 2 is 1.93 bits per heavy atom. The predicted octanol–water partition coefficient (Wildman–Crippen LogP) is 6.16. The van der Waals surface area contributed by atoms with E-state index in [2.05, 4.69) is 61.5 Å². The zero-order chi connectivity index (χ0) is 21.1. The molecule has 0 unspecified atom stereocenters. The van der Waals surface area contributed by atoms with Crippen LogP contribution in [0, 0.1) is 20.8 Å². The van der Waals surface area contributed by atoms with Crippen molar-refractivity contribution < 1.29 is 9.53 Å². The number of halogens is 1. The number of nitrogens with zero attached hydrogens (tertiary/aromatic N) is 2. The third-order valence-corrected chi connectivity index (χ3v) is 5.42. The van der Waals surface area contributed by atoms with Crippen LogP contribution in [0.1, 0.15) is 45.4 Å². The summed E-state index contributed by atoms with van der Waals surface area (Å²) < 4.78 is 7.02. The third-order valence-electron chi connectivity index (χ3n) is 5.11. The molecule has 3 rings (SSSR count). The zero-order valence-corrected chi connectivity index (χ0v) is 18.2. The summed E-state index contributed by atoms with van der Waals surface area (Å²) in [6, 6.07) is 13.6. The van der Waals surface area contributed by atoms with Crippen molar-refractivity contribution in [1.29, 1.82) is 0 Å². The summed E-state index contributed by atoms with van der Waals surface area (Å²) in [5, 5.41) is 0.324. The molecule has 1 aromatic heterocycles. The number of benzene rings is 2. The van der Waals surface area contributed by atoms with Gasteiger partial charge in [0, 0.05) is 23.2 Å². The molecule has 0 amide bonds. The minimum Gasteiger partial charge on any atom is -0.465 e. The number of hydrogen-bond donors (Lipinski definition) is 0. The topological polar surface area (TPSA) is 43.6 Å². The summed E-state index contributed by atoms with van der Waals surface area (Å²) in [4.78, 5) is 16.2. The molecule has 0 radical (unpaired) electrons. The van der Waals surface area contributed by atoms with E-state index in [1.165, 1.54) is 23.9 Å². The normalized spacial score (nSPS) is 11.2. The van der Waals surface area contributed by atoms with Crippen LogP contribution in [-0.2, 0) is 11.2 Å². The monoisotopic (exact) mass is 408 g/mol. The number of rotatable bonds is 5. The summed E-state index contributed by atoms with van der Waals surface area (Å²) in [5.74, 6) is -0.459. The Balaban J connectivity index is 1.98. The number of aromatic nitrogens is 1. The highest BCUT2D eigenvalue weighted by Gasteiger charge is 2.14. The second-order valence-electron chi connectivity index (χ2n) is 7.01. The predicted molar refractivity (Wildman–Crippen MR) is 119 cm³/mol. The van der Waals surface area contributed by atoms with E-state index in [9.17, 15) is 4.79 Å². The van der Waals surface area contributed by atoms with Crippen molar-refractivity contribution in [1.82, 2.24) is 4.57 Å². The van der Waals surface area contributed by atoms with E-state index in [4.69, 9.17) is 16.3 Å². The largest absolute Gasteiger partial charge is 0.465 e. The number of ether oxygens (including phenoxy) is 1. The average Bonchev–Trinajstić information content (AvgIpc) is 2.99. The fourth-order valence-electron chi connectivity index (χ4n) is 3.59. The minimum atomic E-state index is -0.459. The number of aryl methyl sites for hydroxylation is 3. The van der Waals surface area contributed by atoms with Crippen molar-refractivity contribution in [2.45, 2.75) is 34.1 Å². The Labute approximate surface area is 176 Å². The Morgan fingerprint density at radius 3 is 2.59 bits per heavy atom. The number of para-hydroxylation sites is 1. The number of methoxy groups -OCH3 is 1. The van der Waals surface area contributed by atoms with Crippen LogP contribution >= 0.6 is 11.6 Å². The van der Waals surface area contributed by atoms with Crippen molar-refractivity contribution in [2.75, 3.05) is 7.11 Å². The molecular weight excluding hydrogens is 384 g/mol. The molecule has 0 bridgehead atoms. The van der Waals surface area contributed by atoms with Gasteiger partial charge < -0.3 is 9.30 Å². The van der Waals surface area contributed by atoms with E-state index in [1.807, 2.05) is 6.21 Å². The van der Waals surface area contributed by atoms with E-state index >= 15 is 0 Å². The molecule has 0 aliphatic heterocycles. The molecule has 4 nitrogen and oxygen atoms in total. The van der Waals surface area contributed by atoms with Crippen LogP contribution in [0.5, 0.6) is 0 Å². The van der Waals surface area contributed by atoms with E-state index in [0.29, 0.717) is 16.3 Å². The first-order valence-electron chi connectivity index (χ1n) is 9.57. The highest BCUT2D eigenvalue weighted by Crippen LogP contribution is 2.27. The molecule has 0 spiro atoms. The highest BCUT2D eigenvalue weighted by atomic mass is 35.5. The van der Waals surface area contributed by atoms with E-state index < -0.39 is 5.97 Å².